The van der Waals surface area contributed by atoms with E-state index in [1.807, 2.05) is 35.4 Å². The monoisotopic (exact) mass is 518 g/mol. The van der Waals surface area contributed by atoms with E-state index in [9.17, 15) is 4.39 Å². The highest BCUT2D eigenvalue weighted by atomic mass is 19.1. The van der Waals surface area contributed by atoms with Crippen molar-refractivity contribution in [2.75, 3.05) is 26.2 Å². The number of nitrogens with one attached hydrogen (secondary N) is 2. The second-order valence-electron chi connectivity index (χ2n) is 10.2. The molecule has 5 aromatic rings. The van der Waals surface area contributed by atoms with Gasteiger partial charge in [0.25, 0.3) is 0 Å². The van der Waals surface area contributed by atoms with Crippen LogP contribution in [0.4, 0.5) is 4.39 Å². The fraction of sp³-hybridized carbons (Fsp3) is 0.200. The number of H-pyrrole nitrogens is 2. The molecule has 1 aromatic carbocycles. The van der Waals surface area contributed by atoms with Gasteiger partial charge in [-0.3, -0.25) is 30.7 Å². The second-order valence-corrected chi connectivity index (χ2v) is 10.2. The number of aliphatic imine (C=N–C) groups is 1. The molecule has 0 saturated carbocycles. The summed E-state index contributed by atoms with van der Waals surface area (Å²) in [5, 5.41) is 9.84. The number of halogens is 1. The van der Waals surface area contributed by atoms with Crippen LogP contribution in [-0.4, -0.2) is 68.2 Å². The van der Waals surface area contributed by atoms with Crippen molar-refractivity contribution >= 4 is 33.6 Å². The van der Waals surface area contributed by atoms with Crippen molar-refractivity contribution in [3.8, 4) is 22.8 Å². The van der Waals surface area contributed by atoms with Crippen LogP contribution in [0.25, 0.3) is 50.2 Å². The van der Waals surface area contributed by atoms with E-state index in [1.54, 1.807) is 12.4 Å². The summed E-state index contributed by atoms with van der Waals surface area (Å²) in [6.45, 7) is 2.08. The van der Waals surface area contributed by atoms with Crippen molar-refractivity contribution in [1.29, 1.82) is 0 Å². The number of benzene rings is 1. The lowest BCUT2D eigenvalue weighted by Crippen LogP contribution is -2.38. The van der Waals surface area contributed by atoms with Gasteiger partial charge in [-0.15, -0.1) is 0 Å². The minimum atomic E-state index is -1.61. The predicted octanol–water partition coefficient (Wildman–Crippen LogP) is 4.89. The first-order valence-corrected chi connectivity index (χ1v) is 13.0. The van der Waals surface area contributed by atoms with Crippen molar-refractivity contribution in [2.24, 2.45) is 10.7 Å². The van der Waals surface area contributed by atoms with Gasteiger partial charge in [0, 0.05) is 61.0 Å². The molecule has 9 heteroatoms. The number of pyridine rings is 2. The summed E-state index contributed by atoms with van der Waals surface area (Å²) < 4.78 is 14.2. The molecule has 4 N–H and O–H groups in total. The molecular formula is C30H27FN8. The van der Waals surface area contributed by atoms with Gasteiger partial charge in [-0.05, 0) is 59.2 Å². The number of aromatic amines is 2. The Kier molecular flexibility index (Phi) is 5.68. The van der Waals surface area contributed by atoms with Crippen LogP contribution in [0, 0.1) is 0 Å². The van der Waals surface area contributed by atoms with Crippen LogP contribution in [0.2, 0.25) is 0 Å². The standard InChI is InChI=1S/C30H27FN8/c31-30(32)8-12-39(18-30)17-19-13-21(6-10-33-16-19)20-4-5-25-22(14-20)29(38-37-25)27-15-23-24(36-27)7-11-35-28(23)26-3-1-2-9-34-26/h1-7,9,11,13-16,36H,8,10,12,17-18,32H2,(H,37,38). The first kappa shape index (κ1) is 23.6. The minimum Gasteiger partial charge on any atom is -0.353 e. The second kappa shape index (κ2) is 9.37. The number of rotatable bonds is 5. The molecule has 194 valence electrons. The van der Waals surface area contributed by atoms with Gasteiger partial charge in [0.15, 0.2) is 5.79 Å². The van der Waals surface area contributed by atoms with Crippen molar-refractivity contribution in [3.63, 3.8) is 0 Å². The largest absolute Gasteiger partial charge is 0.353 e. The fourth-order valence-electron chi connectivity index (χ4n) is 5.46. The molecule has 0 aliphatic carbocycles. The Bertz CT molecular complexity index is 1780. The Balaban J connectivity index is 1.24. The van der Waals surface area contributed by atoms with E-state index in [1.165, 1.54) is 0 Å². The van der Waals surface area contributed by atoms with Crippen LogP contribution in [0.1, 0.15) is 12.0 Å². The van der Waals surface area contributed by atoms with E-state index in [0.29, 0.717) is 26.1 Å². The molecule has 6 heterocycles. The topological polar surface area (TPSA) is 112 Å². The molecule has 39 heavy (non-hydrogen) atoms. The molecule has 1 atom stereocenters. The molecule has 2 aliphatic heterocycles. The lowest BCUT2D eigenvalue weighted by molar-refractivity contribution is 0.178. The molecule has 4 aromatic heterocycles. The number of hydrogen-bond donors (Lipinski definition) is 3. The number of nitrogens with zero attached hydrogens (tertiary/aromatic N) is 5. The third-order valence-corrected chi connectivity index (χ3v) is 7.36. The molecule has 1 saturated heterocycles. The Morgan fingerprint density at radius 3 is 2.77 bits per heavy atom. The molecule has 0 amide bonds. The van der Waals surface area contributed by atoms with E-state index < -0.39 is 5.79 Å². The molecule has 0 radical (unpaired) electrons. The van der Waals surface area contributed by atoms with Gasteiger partial charge in [-0.25, -0.2) is 4.39 Å². The maximum atomic E-state index is 14.2. The number of alkyl halides is 1. The highest BCUT2D eigenvalue weighted by molar-refractivity contribution is 6.00. The average Bonchev–Trinajstić information content (AvgIpc) is 3.60. The summed E-state index contributed by atoms with van der Waals surface area (Å²) in [4.78, 5) is 19.2. The molecule has 8 nitrogen and oxygen atoms in total. The van der Waals surface area contributed by atoms with Gasteiger partial charge in [-0.1, -0.05) is 18.2 Å². The van der Waals surface area contributed by atoms with E-state index in [-0.39, 0.29) is 6.54 Å². The highest BCUT2D eigenvalue weighted by Gasteiger charge is 2.34. The van der Waals surface area contributed by atoms with Gasteiger partial charge in [-0.2, -0.15) is 5.10 Å². The molecule has 2 aliphatic rings. The minimum absolute atomic E-state index is 0.240. The van der Waals surface area contributed by atoms with E-state index in [2.05, 4.69) is 66.6 Å². The maximum Gasteiger partial charge on any atom is 0.173 e. The van der Waals surface area contributed by atoms with E-state index >= 15 is 0 Å². The van der Waals surface area contributed by atoms with Crippen LogP contribution in [-0.2, 0) is 0 Å². The number of allylic oxidation sites excluding steroid dienone is 2. The summed E-state index contributed by atoms with van der Waals surface area (Å²) in [5.74, 6) is -1.61. The number of aromatic nitrogens is 5. The Hall–Kier alpha value is -4.47. The number of nitrogens with two attached hydrogens (primary N) is 1. The Morgan fingerprint density at radius 2 is 1.92 bits per heavy atom. The number of likely N-dealkylation sites (tertiary alicyclic amines) is 1. The fourth-order valence-corrected chi connectivity index (χ4v) is 5.46. The number of hydrogen-bond acceptors (Lipinski definition) is 6. The zero-order chi connectivity index (χ0) is 26.4. The Morgan fingerprint density at radius 1 is 1.00 bits per heavy atom. The molecule has 1 unspecified atom stereocenters. The van der Waals surface area contributed by atoms with Gasteiger partial charge < -0.3 is 4.98 Å². The van der Waals surface area contributed by atoms with Crippen molar-refractivity contribution in [1.82, 2.24) is 30.0 Å². The summed E-state index contributed by atoms with van der Waals surface area (Å²) in [6.07, 6.45) is 10.1. The predicted molar refractivity (Wildman–Crippen MR) is 153 cm³/mol. The summed E-state index contributed by atoms with van der Waals surface area (Å²) in [6, 6.07) is 16.2. The van der Waals surface area contributed by atoms with E-state index in [0.717, 1.165) is 61.3 Å². The van der Waals surface area contributed by atoms with Crippen molar-refractivity contribution < 1.29 is 4.39 Å². The lowest BCUT2D eigenvalue weighted by atomic mass is 10.00. The van der Waals surface area contributed by atoms with Crippen LogP contribution in [0.15, 0.2) is 83.6 Å². The van der Waals surface area contributed by atoms with Gasteiger partial charge in [0.1, 0.15) is 5.69 Å². The first-order chi connectivity index (χ1) is 19.0. The van der Waals surface area contributed by atoms with Gasteiger partial charge >= 0.3 is 0 Å². The SMILES string of the molecule is NC1(F)CCN(CC2=CC(c3ccc4[nH]nc(-c5cc6c(-c7ccccn7)nccc6[nH]5)c4c3)=CCN=C2)C1. The molecule has 0 bridgehead atoms. The van der Waals surface area contributed by atoms with Gasteiger partial charge in [0.2, 0.25) is 0 Å². The van der Waals surface area contributed by atoms with E-state index in [4.69, 9.17) is 5.73 Å². The van der Waals surface area contributed by atoms with Crippen LogP contribution >= 0.6 is 0 Å². The van der Waals surface area contributed by atoms with Crippen LogP contribution < -0.4 is 5.73 Å². The molecule has 7 rings (SSSR count). The smallest absolute Gasteiger partial charge is 0.173 e. The summed E-state index contributed by atoms with van der Waals surface area (Å²) >= 11 is 0. The lowest BCUT2D eigenvalue weighted by Gasteiger charge is -2.17. The summed E-state index contributed by atoms with van der Waals surface area (Å²) in [5.41, 5.74) is 14.2. The third kappa shape index (κ3) is 4.56. The molecule has 1 fully saturated rings. The summed E-state index contributed by atoms with van der Waals surface area (Å²) in [7, 11) is 0. The third-order valence-electron chi connectivity index (χ3n) is 7.36. The zero-order valence-electron chi connectivity index (χ0n) is 21.2. The zero-order valence-corrected chi connectivity index (χ0v) is 21.2. The molecular weight excluding hydrogens is 491 g/mol. The molecule has 0 spiro atoms. The average molecular weight is 519 g/mol. The van der Waals surface area contributed by atoms with Crippen LogP contribution in [0.3, 0.4) is 0 Å². The van der Waals surface area contributed by atoms with Crippen LogP contribution in [0.5, 0.6) is 0 Å². The Labute approximate surface area is 224 Å². The quantitative estimate of drug-likeness (QED) is 0.287. The highest BCUT2D eigenvalue weighted by Crippen LogP contribution is 2.34. The number of fused-ring (bicyclic) bond motifs is 2. The normalized spacial score (nSPS) is 19.9. The van der Waals surface area contributed by atoms with Crippen molar-refractivity contribution in [3.05, 3.63) is 84.2 Å². The van der Waals surface area contributed by atoms with Gasteiger partial charge in [0.05, 0.1) is 29.1 Å². The maximum absolute atomic E-state index is 14.2. The first-order valence-electron chi connectivity index (χ1n) is 13.0. The van der Waals surface area contributed by atoms with Crippen molar-refractivity contribution in [2.45, 2.75) is 12.2 Å².